The summed E-state index contributed by atoms with van der Waals surface area (Å²) in [5.41, 5.74) is 0.528. The number of carbonyl (C=O) groups is 1. The van der Waals surface area contributed by atoms with E-state index in [9.17, 15) is 4.79 Å². The van der Waals surface area contributed by atoms with E-state index < -0.39 is 0 Å². The second kappa shape index (κ2) is 10.0. The number of nitrogens with zero attached hydrogens (tertiary/aromatic N) is 1. The fourth-order valence-electron chi connectivity index (χ4n) is 2.64. The van der Waals surface area contributed by atoms with Gasteiger partial charge in [-0.25, -0.2) is 0 Å². The third-order valence-corrected chi connectivity index (χ3v) is 4.33. The van der Waals surface area contributed by atoms with Crippen LogP contribution in [0.15, 0.2) is 41.0 Å². The van der Waals surface area contributed by atoms with E-state index in [1.165, 1.54) is 0 Å². The van der Waals surface area contributed by atoms with Crippen LogP contribution in [0.1, 0.15) is 42.4 Å². The standard InChI is InChI=1S/C21H30N2O4/c1-15(2)10-12-27-19-9-8-16(13-20(19)25-5)21(24)22-14-17(23(3)4)18-7-6-11-26-18/h6-9,11,13,15,17H,10,12,14H2,1-5H3,(H,22,24). The Bertz CT molecular complexity index is 711. The molecule has 0 aliphatic rings. The summed E-state index contributed by atoms with van der Waals surface area (Å²) in [6.45, 7) is 5.36. The number of likely N-dealkylation sites (N-methyl/N-ethyl adjacent to an activating group) is 1. The van der Waals surface area contributed by atoms with E-state index in [1.54, 1.807) is 31.6 Å². The van der Waals surface area contributed by atoms with E-state index in [0.717, 1.165) is 12.2 Å². The predicted octanol–water partition coefficient (Wildman–Crippen LogP) is 3.75. The van der Waals surface area contributed by atoms with E-state index in [4.69, 9.17) is 13.9 Å². The van der Waals surface area contributed by atoms with Gasteiger partial charge in [0.2, 0.25) is 0 Å². The quantitative estimate of drug-likeness (QED) is 0.686. The van der Waals surface area contributed by atoms with E-state index in [2.05, 4.69) is 19.2 Å². The molecule has 0 saturated carbocycles. The van der Waals surface area contributed by atoms with Gasteiger partial charge in [-0.15, -0.1) is 0 Å². The summed E-state index contributed by atoms with van der Waals surface area (Å²) in [6, 6.07) is 8.95. The van der Waals surface area contributed by atoms with Crippen LogP contribution in [-0.4, -0.2) is 45.2 Å². The average molecular weight is 374 g/mol. The minimum Gasteiger partial charge on any atom is -0.493 e. The molecule has 1 aromatic heterocycles. The minimum absolute atomic E-state index is 0.0375. The lowest BCUT2D eigenvalue weighted by molar-refractivity contribution is 0.0938. The fraction of sp³-hybridized carbons (Fsp3) is 0.476. The largest absolute Gasteiger partial charge is 0.493 e. The van der Waals surface area contributed by atoms with E-state index in [1.807, 2.05) is 31.1 Å². The normalized spacial score (nSPS) is 12.3. The van der Waals surface area contributed by atoms with Crippen LogP contribution in [0.4, 0.5) is 0 Å². The molecule has 1 atom stereocenters. The van der Waals surface area contributed by atoms with Crippen molar-refractivity contribution >= 4 is 5.91 Å². The number of rotatable bonds is 10. The molecule has 0 aliphatic carbocycles. The second-order valence-corrected chi connectivity index (χ2v) is 7.10. The van der Waals surface area contributed by atoms with Gasteiger partial charge >= 0.3 is 0 Å². The Balaban J connectivity index is 2.01. The number of furan rings is 1. The van der Waals surface area contributed by atoms with Gasteiger partial charge in [-0.05, 0) is 56.8 Å². The van der Waals surface area contributed by atoms with Crippen molar-refractivity contribution in [3.05, 3.63) is 47.9 Å². The first-order chi connectivity index (χ1) is 12.9. The number of carbonyl (C=O) groups excluding carboxylic acids is 1. The van der Waals surface area contributed by atoms with Crippen molar-refractivity contribution in [2.24, 2.45) is 5.92 Å². The predicted molar refractivity (Wildman–Crippen MR) is 105 cm³/mol. The van der Waals surface area contributed by atoms with Crippen molar-refractivity contribution in [3.8, 4) is 11.5 Å². The van der Waals surface area contributed by atoms with Crippen LogP contribution in [0, 0.1) is 5.92 Å². The van der Waals surface area contributed by atoms with Crippen LogP contribution >= 0.6 is 0 Å². The zero-order valence-electron chi connectivity index (χ0n) is 16.8. The van der Waals surface area contributed by atoms with Crippen LogP contribution < -0.4 is 14.8 Å². The molecular formula is C21H30N2O4. The highest BCUT2D eigenvalue weighted by atomic mass is 16.5. The van der Waals surface area contributed by atoms with Gasteiger partial charge in [-0.2, -0.15) is 0 Å². The van der Waals surface area contributed by atoms with Gasteiger partial charge < -0.3 is 19.2 Å². The maximum absolute atomic E-state index is 12.6. The lowest BCUT2D eigenvalue weighted by atomic mass is 10.1. The number of nitrogens with one attached hydrogen (secondary N) is 1. The van der Waals surface area contributed by atoms with Gasteiger partial charge in [-0.3, -0.25) is 9.69 Å². The lowest BCUT2D eigenvalue weighted by Gasteiger charge is -2.22. The summed E-state index contributed by atoms with van der Waals surface area (Å²) >= 11 is 0. The molecule has 0 saturated heterocycles. The number of hydrogen-bond donors (Lipinski definition) is 1. The molecule has 0 bridgehead atoms. The number of methoxy groups -OCH3 is 1. The van der Waals surface area contributed by atoms with Crippen molar-refractivity contribution in [1.82, 2.24) is 10.2 Å². The van der Waals surface area contributed by atoms with Crippen LogP contribution in [0.25, 0.3) is 0 Å². The van der Waals surface area contributed by atoms with Crippen LogP contribution in [0.2, 0.25) is 0 Å². The molecule has 1 heterocycles. The van der Waals surface area contributed by atoms with Gasteiger partial charge in [0.15, 0.2) is 11.5 Å². The van der Waals surface area contributed by atoms with Gasteiger partial charge in [0.05, 0.1) is 26.0 Å². The molecule has 148 valence electrons. The smallest absolute Gasteiger partial charge is 0.251 e. The van der Waals surface area contributed by atoms with Crippen LogP contribution in [0.3, 0.4) is 0 Å². The number of benzene rings is 1. The molecule has 6 heteroatoms. The number of ether oxygens (including phenoxy) is 2. The second-order valence-electron chi connectivity index (χ2n) is 7.10. The monoisotopic (exact) mass is 374 g/mol. The molecule has 6 nitrogen and oxygen atoms in total. The zero-order valence-corrected chi connectivity index (χ0v) is 16.8. The summed E-state index contributed by atoms with van der Waals surface area (Å²) in [4.78, 5) is 14.6. The zero-order chi connectivity index (χ0) is 19.8. The topological polar surface area (TPSA) is 63.9 Å². The van der Waals surface area contributed by atoms with Crippen molar-refractivity contribution in [1.29, 1.82) is 0 Å². The molecule has 27 heavy (non-hydrogen) atoms. The average Bonchev–Trinajstić information content (AvgIpc) is 3.15. The van der Waals surface area contributed by atoms with Crippen molar-refractivity contribution in [2.75, 3.05) is 34.4 Å². The Hall–Kier alpha value is -2.47. The molecule has 0 spiro atoms. The van der Waals surface area contributed by atoms with E-state index in [-0.39, 0.29) is 11.9 Å². The van der Waals surface area contributed by atoms with E-state index in [0.29, 0.717) is 36.1 Å². The first kappa shape index (κ1) is 20.8. The molecule has 1 amide bonds. The van der Waals surface area contributed by atoms with Crippen molar-refractivity contribution < 1.29 is 18.7 Å². The highest BCUT2D eigenvalue weighted by molar-refractivity contribution is 5.94. The maximum atomic E-state index is 12.6. The molecular weight excluding hydrogens is 344 g/mol. The molecule has 1 N–H and O–H groups in total. The molecule has 0 aliphatic heterocycles. The Morgan fingerprint density at radius 2 is 2.00 bits per heavy atom. The SMILES string of the molecule is COc1cc(C(=O)NCC(c2ccco2)N(C)C)ccc1OCCC(C)C. The third kappa shape index (κ3) is 6.03. The lowest BCUT2D eigenvalue weighted by Crippen LogP contribution is -2.34. The van der Waals surface area contributed by atoms with Gasteiger partial charge in [0.25, 0.3) is 5.91 Å². The van der Waals surface area contributed by atoms with Crippen LogP contribution in [0.5, 0.6) is 11.5 Å². The first-order valence-corrected chi connectivity index (χ1v) is 9.21. The molecule has 1 unspecified atom stereocenters. The first-order valence-electron chi connectivity index (χ1n) is 9.21. The van der Waals surface area contributed by atoms with Crippen LogP contribution in [-0.2, 0) is 0 Å². The molecule has 1 aromatic carbocycles. The molecule has 0 fully saturated rings. The molecule has 0 radical (unpaired) electrons. The van der Waals surface area contributed by atoms with Gasteiger partial charge in [-0.1, -0.05) is 13.8 Å². The summed E-state index contributed by atoms with van der Waals surface area (Å²) in [5.74, 6) is 2.42. The molecule has 2 aromatic rings. The summed E-state index contributed by atoms with van der Waals surface area (Å²) < 4.78 is 16.6. The van der Waals surface area contributed by atoms with Gasteiger partial charge in [0, 0.05) is 12.1 Å². The Morgan fingerprint density at radius 1 is 1.22 bits per heavy atom. The van der Waals surface area contributed by atoms with Gasteiger partial charge in [0.1, 0.15) is 5.76 Å². The Labute approximate surface area is 161 Å². The summed E-state index contributed by atoms with van der Waals surface area (Å²) in [6.07, 6.45) is 2.60. The van der Waals surface area contributed by atoms with Crippen molar-refractivity contribution in [3.63, 3.8) is 0 Å². The summed E-state index contributed by atoms with van der Waals surface area (Å²) in [5, 5.41) is 2.96. The van der Waals surface area contributed by atoms with Crippen molar-refractivity contribution in [2.45, 2.75) is 26.3 Å². The summed E-state index contributed by atoms with van der Waals surface area (Å²) in [7, 11) is 5.47. The van der Waals surface area contributed by atoms with E-state index >= 15 is 0 Å². The Morgan fingerprint density at radius 3 is 2.59 bits per heavy atom. The highest BCUT2D eigenvalue weighted by Gasteiger charge is 2.19. The maximum Gasteiger partial charge on any atom is 0.251 e. The number of hydrogen-bond acceptors (Lipinski definition) is 5. The Kier molecular flexibility index (Phi) is 7.73. The number of amides is 1. The minimum atomic E-state index is -0.166. The third-order valence-electron chi connectivity index (χ3n) is 4.33. The highest BCUT2D eigenvalue weighted by Crippen LogP contribution is 2.28. The fourth-order valence-corrected chi connectivity index (χ4v) is 2.64. The molecule has 2 rings (SSSR count).